The number of nitrogens with zero attached hydrogens (tertiary/aromatic N) is 1. The number of rotatable bonds is 5. The first-order valence-electron chi connectivity index (χ1n) is 10.2. The van der Waals surface area contributed by atoms with Crippen molar-refractivity contribution in [1.29, 1.82) is 0 Å². The molecule has 0 fully saturated rings. The lowest BCUT2D eigenvalue weighted by Gasteiger charge is -2.31. The van der Waals surface area contributed by atoms with Crippen LogP contribution in [0.15, 0.2) is 52.7 Å². The minimum absolute atomic E-state index is 0.0488. The molecule has 1 unspecified atom stereocenters. The van der Waals surface area contributed by atoms with Crippen LogP contribution in [0.1, 0.15) is 26.8 Å². The van der Waals surface area contributed by atoms with Crippen LogP contribution in [0.25, 0.3) is 0 Å². The normalized spacial score (nSPS) is 15.5. The summed E-state index contributed by atoms with van der Waals surface area (Å²) >= 11 is 0.987. The molecule has 0 spiro atoms. The van der Waals surface area contributed by atoms with Gasteiger partial charge in [0.25, 0.3) is 21.8 Å². The fourth-order valence-corrected chi connectivity index (χ4v) is 5.73. The van der Waals surface area contributed by atoms with Gasteiger partial charge in [-0.1, -0.05) is 0 Å². The van der Waals surface area contributed by atoms with E-state index in [1.807, 2.05) is 4.72 Å². The van der Waals surface area contributed by atoms with Crippen LogP contribution in [0.5, 0.6) is 0 Å². The number of anilines is 3. The zero-order valence-corrected chi connectivity index (χ0v) is 20.1. The number of benzene rings is 2. The van der Waals surface area contributed by atoms with E-state index in [1.54, 1.807) is 32.2 Å². The number of nitrogens with two attached hydrogens (primary N) is 1. The number of sulfonamides is 1. The number of amides is 4. The Hall–Kier alpha value is -3.81. The summed E-state index contributed by atoms with van der Waals surface area (Å²) in [6.45, 7) is 1.72. The monoisotopic (exact) mass is 517 g/mol. The molecule has 1 aliphatic heterocycles. The Labute approximate surface area is 204 Å². The Bertz CT molecular complexity index is 1470. The van der Waals surface area contributed by atoms with Crippen molar-refractivity contribution in [1.82, 2.24) is 4.72 Å². The molecule has 0 saturated carbocycles. The molecule has 0 aliphatic carbocycles. The van der Waals surface area contributed by atoms with Gasteiger partial charge in [-0.15, -0.1) is 11.3 Å². The summed E-state index contributed by atoms with van der Waals surface area (Å²) in [4.78, 5) is 39.4. The van der Waals surface area contributed by atoms with Crippen LogP contribution in [-0.2, 0) is 14.8 Å². The van der Waals surface area contributed by atoms with Crippen LogP contribution in [0.3, 0.4) is 0 Å². The zero-order chi connectivity index (χ0) is 25.5. The molecule has 35 heavy (non-hydrogen) atoms. The van der Waals surface area contributed by atoms with Crippen molar-refractivity contribution >= 4 is 56.3 Å². The van der Waals surface area contributed by atoms with E-state index >= 15 is 0 Å². The highest BCUT2D eigenvalue weighted by atomic mass is 32.2. The second-order valence-corrected chi connectivity index (χ2v) is 10.8. The van der Waals surface area contributed by atoms with Crippen molar-refractivity contribution in [3.8, 4) is 0 Å². The van der Waals surface area contributed by atoms with Crippen molar-refractivity contribution in [2.45, 2.75) is 17.2 Å². The molecule has 1 aliphatic rings. The number of carbonyl (C=O) groups is 3. The second kappa shape index (κ2) is 9.09. The minimum Gasteiger partial charge on any atom is -0.388 e. The first kappa shape index (κ1) is 24.3. The minimum atomic E-state index is -4.10. The van der Waals surface area contributed by atoms with E-state index < -0.39 is 39.7 Å². The molecule has 0 radical (unpaired) electrons. The van der Waals surface area contributed by atoms with Gasteiger partial charge in [0.15, 0.2) is 0 Å². The Morgan fingerprint density at radius 3 is 2.43 bits per heavy atom. The number of imide groups is 1. The van der Waals surface area contributed by atoms with Gasteiger partial charge in [-0.25, -0.2) is 27.2 Å². The number of thiophene rings is 1. The molecule has 182 valence electrons. The molecule has 13 heteroatoms. The molecule has 0 saturated heterocycles. The van der Waals surface area contributed by atoms with Crippen LogP contribution < -0.4 is 26.0 Å². The standard InChI is InChI=1S/C22H20FN5O5S2/c1-11-3-8-18(34-11)35(32,33)27-22(31)26-13-5-7-17(16(23)10-13)28-20(29)14-6-4-12(25-2)9-15(14)19(24)21(28)30/h3-10,19,25H,24H2,1-2H3,(H2,26,27,31). The van der Waals surface area contributed by atoms with Crippen molar-refractivity contribution in [3.05, 3.63) is 70.4 Å². The van der Waals surface area contributed by atoms with Gasteiger partial charge in [-0.05, 0) is 61.0 Å². The topological polar surface area (TPSA) is 151 Å². The lowest BCUT2D eigenvalue weighted by Crippen LogP contribution is -2.48. The molecule has 3 aromatic rings. The van der Waals surface area contributed by atoms with Gasteiger partial charge >= 0.3 is 6.03 Å². The highest BCUT2D eigenvalue weighted by Crippen LogP contribution is 2.33. The number of carbonyl (C=O) groups excluding carboxylic acids is 3. The maximum Gasteiger partial charge on any atom is 0.333 e. The van der Waals surface area contributed by atoms with E-state index in [2.05, 4.69) is 10.6 Å². The van der Waals surface area contributed by atoms with Gasteiger partial charge in [0.1, 0.15) is 16.1 Å². The molecular weight excluding hydrogens is 497 g/mol. The fourth-order valence-electron chi connectivity index (χ4n) is 3.54. The van der Waals surface area contributed by atoms with Crippen LogP contribution in [-0.4, -0.2) is 33.3 Å². The number of halogens is 1. The number of fused-ring (bicyclic) bond motifs is 1. The lowest BCUT2D eigenvalue weighted by molar-refractivity contribution is -0.119. The third kappa shape index (κ3) is 4.60. The van der Waals surface area contributed by atoms with Crippen molar-refractivity contribution in [2.75, 3.05) is 22.6 Å². The van der Waals surface area contributed by atoms with Gasteiger partial charge in [0.2, 0.25) is 0 Å². The van der Waals surface area contributed by atoms with Crippen LogP contribution in [0.4, 0.5) is 26.2 Å². The SMILES string of the molecule is CNc1ccc2c(c1)C(N)C(=O)N(c1ccc(NC(=O)NS(=O)(=O)c3ccc(C)s3)cc1F)C2=O. The third-order valence-electron chi connectivity index (χ3n) is 5.25. The largest absolute Gasteiger partial charge is 0.388 e. The molecule has 2 heterocycles. The predicted molar refractivity (Wildman–Crippen MR) is 130 cm³/mol. The summed E-state index contributed by atoms with van der Waals surface area (Å²) in [6.07, 6.45) is 0. The first-order chi connectivity index (χ1) is 16.5. The quantitative estimate of drug-likeness (QED) is 0.380. The molecule has 10 nitrogen and oxygen atoms in total. The Morgan fingerprint density at radius 1 is 1.09 bits per heavy atom. The third-order valence-corrected chi connectivity index (χ3v) is 8.07. The van der Waals surface area contributed by atoms with E-state index in [1.165, 1.54) is 18.2 Å². The summed E-state index contributed by atoms with van der Waals surface area (Å²) in [6, 6.07) is 8.58. The fraction of sp³-hybridized carbons (Fsp3) is 0.136. The number of hydrogen-bond acceptors (Lipinski definition) is 8. The van der Waals surface area contributed by atoms with Crippen LogP contribution >= 0.6 is 11.3 Å². The maximum atomic E-state index is 15.0. The number of urea groups is 1. The van der Waals surface area contributed by atoms with Gasteiger partial charge < -0.3 is 16.4 Å². The van der Waals surface area contributed by atoms with E-state index in [0.717, 1.165) is 28.3 Å². The zero-order valence-electron chi connectivity index (χ0n) is 18.5. The molecule has 4 amide bonds. The molecule has 1 atom stereocenters. The lowest BCUT2D eigenvalue weighted by atomic mass is 9.93. The number of aryl methyl sites for hydroxylation is 1. The Kier molecular flexibility index (Phi) is 6.32. The number of hydrogen-bond donors (Lipinski definition) is 4. The average Bonchev–Trinajstić information content (AvgIpc) is 3.25. The van der Waals surface area contributed by atoms with Gasteiger partial charge in [-0.2, -0.15) is 0 Å². The van der Waals surface area contributed by atoms with E-state index in [0.29, 0.717) is 16.2 Å². The van der Waals surface area contributed by atoms with E-state index in [4.69, 9.17) is 5.73 Å². The van der Waals surface area contributed by atoms with Crippen LogP contribution in [0, 0.1) is 12.7 Å². The van der Waals surface area contributed by atoms with E-state index in [-0.39, 0.29) is 21.1 Å². The molecule has 5 N–H and O–H groups in total. The summed E-state index contributed by atoms with van der Waals surface area (Å²) < 4.78 is 41.3. The first-order valence-corrected chi connectivity index (χ1v) is 12.5. The summed E-state index contributed by atoms with van der Waals surface area (Å²) in [7, 11) is -2.43. The summed E-state index contributed by atoms with van der Waals surface area (Å²) in [5, 5.41) is 5.12. The summed E-state index contributed by atoms with van der Waals surface area (Å²) in [5.74, 6) is -2.56. The smallest absolute Gasteiger partial charge is 0.333 e. The maximum absolute atomic E-state index is 15.0. The highest BCUT2D eigenvalue weighted by molar-refractivity contribution is 7.92. The van der Waals surface area contributed by atoms with Crippen LogP contribution in [0.2, 0.25) is 0 Å². The Morgan fingerprint density at radius 2 is 1.80 bits per heavy atom. The highest BCUT2D eigenvalue weighted by Gasteiger charge is 2.39. The molecule has 4 rings (SSSR count). The van der Waals surface area contributed by atoms with Crippen molar-refractivity contribution in [2.24, 2.45) is 5.73 Å². The Balaban J connectivity index is 1.55. The van der Waals surface area contributed by atoms with E-state index in [9.17, 15) is 27.2 Å². The van der Waals surface area contributed by atoms with Gasteiger partial charge in [0.05, 0.1) is 5.69 Å². The van der Waals surface area contributed by atoms with Crippen molar-refractivity contribution < 1.29 is 27.2 Å². The second-order valence-electron chi connectivity index (χ2n) is 7.60. The predicted octanol–water partition coefficient (Wildman–Crippen LogP) is 2.93. The molecule has 0 bridgehead atoms. The average molecular weight is 518 g/mol. The molecular formula is C22H20FN5O5S2. The van der Waals surface area contributed by atoms with Gasteiger partial charge in [0, 0.05) is 28.9 Å². The number of nitrogens with one attached hydrogen (secondary N) is 3. The summed E-state index contributed by atoms with van der Waals surface area (Å²) in [5.41, 5.74) is 6.73. The molecule has 1 aromatic heterocycles. The van der Waals surface area contributed by atoms with Crippen molar-refractivity contribution in [3.63, 3.8) is 0 Å². The van der Waals surface area contributed by atoms with Gasteiger partial charge in [-0.3, -0.25) is 9.59 Å². The molecule has 2 aromatic carbocycles.